The van der Waals surface area contributed by atoms with E-state index < -0.39 is 28.5 Å². The minimum Gasteiger partial charge on any atom is -0.357 e. The summed E-state index contributed by atoms with van der Waals surface area (Å²) in [6, 6.07) is 26.7. The molecule has 0 spiro atoms. The lowest BCUT2D eigenvalue weighted by molar-refractivity contribution is -0.139. The van der Waals surface area contributed by atoms with Crippen LogP contribution >= 0.6 is 23.2 Å². The molecule has 224 valence electrons. The lowest BCUT2D eigenvalue weighted by Gasteiger charge is -2.34. The van der Waals surface area contributed by atoms with Crippen molar-refractivity contribution in [3.63, 3.8) is 0 Å². The van der Waals surface area contributed by atoms with Gasteiger partial charge >= 0.3 is 0 Å². The molecule has 0 aliphatic rings. The number of halogens is 2. The topological polar surface area (TPSA) is 86.8 Å². The van der Waals surface area contributed by atoms with E-state index in [1.54, 1.807) is 12.1 Å². The van der Waals surface area contributed by atoms with Gasteiger partial charge in [0.2, 0.25) is 11.8 Å². The first-order valence-corrected chi connectivity index (χ1v) is 15.8. The highest BCUT2D eigenvalue weighted by Gasteiger charge is 2.34. The standard InChI is InChI=1S/C33H33Cl2N3O4S/c1-23-13-15-30(16-14-23)43(41,42)38(29-19-27(34)18-28(35)20-29)22-32(39)37(21-26-12-8-7-9-24(26)2)31(33(40)36-3)17-25-10-5-4-6-11-25/h4-16,18-20,31H,17,21-22H2,1-3H3,(H,36,40)/t31-/m0/s1. The van der Waals surface area contributed by atoms with Gasteiger partial charge in [-0.1, -0.05) is 95.5 Å². The third kappa shape index (κ3) is 7.96. The first kappa shape index (κ1) is 32.1. The van der Waals surface area contributed by atoms with Crippen LogP contribution in [0.5, 0.6) is 0 Å². The highest BCUT2D eigenvalue weighted by molar-refractivity contribution is 7.92. The summed E-state index contributed by atoms with van der Waals surface area (Å²) in [5.41, 5.74) is 3.62. The van der Waals surface area contributed by atoms with Crippen molar-refractivity contribution in [1.29, 1.82) is 0 Å². The molecule has 0 unspecified atom stereocenters. The number of anilines is 1. The SMILES string of the molecule is CNC(=O)[C@H](Cc1ccccc1)N(Cc1ccccc1C)C(=O)CN(c1cc(Cl)cc(Cl)c1)S(=O)(=O)c1ccc(C)cc1. The summed E-state index contributed by atoms with van der Waals surface area (Å²) in [6.07, 6.45) is 0.228. The molecule has 10 heteroatoms. The van der Waals surface area contributed by atoms with E-state index in [1.807, 2.05) is 68.4 Å². The summed E-state index contributed by atoms with van der Waals surface area (Å²) in [6.45, 7) is 3.27. The summed E-state index contributed by atoms with van der Waals surface area (Å²) in [5.74, 6) is -0.941. The maximum atomic E-state index is 14.4. The molecule has 4 rings (SSSR count). The Balaban J connectivity index is 1.82. The molecule has 0 saturated heterocycles. The Morgan fingerprint density at radius 3 is 2.05 bits per heavy atom. The van der Waals surface area contributed by atoms with E-state index in [9.17, 15) is 18.0 Å². The van der Waals surface area contributed by atoms with Crippen LogP contribution in [0.2, 0.25) is 10.0 Å². The molecule has 7 nitrogen and oxygen atoms in total. The first-order valence-electron chi connectivity index (χ1n) is 13.6. The van der Waals surface area contributed by atoms with E-state index in [0.29, 0.717) is 0 Å². The van der Waals surface area contributed by atoms with Crippen LogP contribution in [0.25, 0.3) is 0 Å². The number of benzene rings is 4. The molecule has 43 heavy (non-hydrogen) atoms. The fourth-order valence-corrected chi connectivity index (χ4v) is 6.65. The van der Waals surface area contributed by atoms with Gasteiger partial charge in [0.25, 0.3) is 10.0 Å². The Kier molecular flexibility index (Phi) is 10.5. The molecule has 0 saturated carbocycles. The predicted octanol–water partition coefficient (Wildman–Crippen LogP) is 6.19. The van der Waals surface area contributed by atoms with Crippen LogP contribution in [0.4, 0.5) is 5.69 Å². The van der Waals surface area contributed by atoms with E-state index >= 15 is 0 Å². The molecular weight excluding hydrogens is 605 g/mol. The minimum absolute atomic E-state index is 0.000381. The van der Waals surface area contributed by atoms with Crippen molar-refractivity contribution >= 4 is 50.7 Å². The van der Waals surface area contributed by atoms with E-state index in [1.165, 1.54) is 42.3 Å². The summed E-state index contributed by atoms with van der Waals surface area (Å²) in [4.78, 5) is 29.2. The Morgan fingerprint density at radius 2 is 1.44 bits per heavy atom. The van der Waals surface area contributed by atoms with E-state index in [2.05, 4.69) is 5.32 Å². The molecule has 0 aromatic heterocycles. The molecule has 0 radical (unpaired) electrons. The van der Waals surface area contributed by atoms with Crippen molar-refractivity contribution in [2.45, 2.75) is 37.8 Å². The number of carbonyl (C=O) groups is 2. The predicted molar refractivity (Wildman–Crippen MR) is 172 cm³/mol. The lowest BCUT2D eigenvalue weighted by Crippen LogP contribution is -2.53. The molecular formula is C33H33Cl2N3O4S. The number of rotatable bonds is 11. The summed E-state index contributed by atoms with van der Waals surface area (Å²) in [7, 11) is -2.74. The normalized spacial score (nSPS) is 11.9. The van der Waals surface area contributed by atoms with Crippen LogP contribution in [0.15, 0.2) is 102 Å². The Labute approximate surface area is 263 Å². The van der Waals surface area contributed by atoms with E-state index in [4.69, 9.17) is 23.2 Å². The van der Waals surface area contributed by atoms with Crippen LogP contribution in [0, 0.1) is 13.8 Å². The van der Waals surface area contributed by atoms with Crippen molar-refractivity contribution in [2.75, 3.05) is 17.9 Å². The highest BCUT2D eigenvalue weighted by atomic mass is 35.5. The fourth-order valence-electron chi connectivity index (χ4n) is 4.74. The van der Waals surface area contributed by atoms with Crippen LogP contribution in [-0.4, -0.2) is 44.8 Å². The van der Waals surface area contributed by atoms with E-state index in [-0.39, 0.29) is 39.5 Å². The smallest absolute Gasteiger partial charge is 0.264 e. The summed E-state index contributed by atoms with van der Waals surface area (Å²) in [5, 5.41) is 3.11. The van der Waals surface area contributed by atoms with Gasteiger partial charge in [0, 0.05) is 30.1 Å². The van der Waals surface area contributed by atoms with Gasteiger partial charge in [-0.25, -0.2) is 8.42 Å². The fraction of sp³-hybridized carbons (Fsp3) is 0.212. The largest absolute Gasteiger partial charge is 0.357 e. The van der Waals surface area contributed by atoms with Crippen molar-refractivity contribution in [3.05, 3.63) is 129 Å². The number of carbonyl (C=O) groups excluding carboxylic acids is 2. The quantitative estimate of drug-likeness (QED) is 0.212. The third-order valence-corrected chi connectivity index (χ3v) is 9.37. The summed E-state index contributed by atoms with van der Waals surface area (Å²) < 4.78 is 29.1. The minimum atomic E-state index is -4.26. The van der Waals surface area contributed by atoms with Crippen molar-refractivity contribution < 1.29 is 18.0 Å². The lowest BCUT2D eigenvalue weighted by atomic mass is 10.0. The molecule has 0 bridgehead atoms. The number of nitrogens with one attached hydrogen (secondary N) is 1. The molecule has 4 aromatic carbocycles. The third-order valence-electron chi connectivity index (χ3n) is 7.14. The van der Waals surface area contributed by atoms with Gasteiger partial charge in [0.1, 0.15) is 12.6 Å². The van der Waals surface area contributed by atoms with Crippen LogP contribution in [0.3, 0.4) is 0 Å². The molecule has 0 heterocycles. The number of sulfonamides is 1. The maximum absolute atomic E-state index is 14.4. The van der Waals surface area contributed by atoms with Crippen molar-refractivity contribution in [3.8, 4) is 0 Å². The molecule has 1 N–H and O–H groups in total. The monoisotopic (exact) mass is 637 g/mol. The Morgan fingerprint density at radius 1 is 0.837 bits per heavy atom. The van der Waals surface area contributed by atoms with Gasteiger partial charge in [-0.2, -0.15) is 0 Å². The van der Waals surface area contributed by atoms with Gasteiger partial charge in [-0.05, 0) is 60.9 Å². The van der Waals surface area contributed by atoms with Crippen LogP contribution in [-0.2, 0) is 32.6 Å². The second-order valence-corrected chi connectivity index (χ2v) is 13.0. The number of hydrogen-bond acceptors (Lipinski definition) is 4. The average Bonchev–Trinajstić information content (AvgIpc) is 2.98. The molecule has 4 aromatic rings. The average molecular weight is 639 g/mol. The zero-order chi connectivity index (χ0) is 31.1. The Bertz CT molecular complexity index is 1680. The number of hydrogen-bond donors (Lipinski definition) is 1. The van der Waals surface area contributed by atoms with Gasteiger partial charge in [-0.15, -0.1) is 0 Å². The second-order valence-electron chi connectivity index (χ2n) is 10.2. The maximum Gasteiger partial charge on any atom is 0.264 e. The van der Waals surface area contributed by atoms with Crippen molar-refractivity contribution in [1.82, 2.24) is 10.2 Å². The molecule has 0 aliphatic heterocycles. The molecule has 0 aliphatic carbocycles. The molecule has 0 fully saturated rings. The number of amides is 2. The van der Waals surface area contributed by atoms with Crippen molar-refractivity contribution in [2.24, 2.45) is 0 Å². The van der Waals surface area contributed by atoms with Gasteiger partial charge in [0.15, 0.2) is 0 Å². The first-order chi connectivity index (χ1) is 20.5. The van der Waals surface area contributed by atoms with Gasteiger partial charge in [0.05, 0.1) is 10.6 Å². The van der Waals surface area contributed by atoms with Crippen LogP contribution < -0.4 is 9.62 Å². The number of nitrogens with zero attached hydrogens (tertiary/aromatic N) is 2. The van der Waals surface area contributed by atoms with E-state index in [0.717, 1.165) is 26.6 Å². The van der Waals surface area contributed by atoms with Gasteiger partial charge < -0.3 is 10.2 Å². The second kappa shape index (κ2) is 14.1. The number of aryl methyl sites for hydroxylation is 2. The molecule has 1 atom stereocenters. The zero-order valence-corrected chi connectivity index (χ0v) is 26.5. The molecule has 2 amide bonds. The zero-order valence-electron chi connectivity index (χ0n) is 24.1. The summed E-state index contributed by atoms with van der Waals surface area (Å²) >= 11 is 12.6. The number of likely N-dealkylation sites (N-methyl/N-ethyl adjacent to an activating group) is 1. The Hall–Kier alpha value is -3.85. The highest BCUT2D eigenvalue weighted by Crippen LogP contribution is 2.30. The van der Waals surface area contributed by atoms with Gasteiger partial charge in [-0.3, -0.25) is 13.9 Å². The van der Waals surface area contributed by atoms with Crippen LogP contribution in [0.1, 0.15) is 22.3 Å².